The van der Waals surface area contributed by atoms with Gasteiger partial charge in [0, 0.05) is 12.0 Å². The van der Waals surface area contributed by atoms with E-state index in [9.17, 15) is 0 Å². The molecule has 80 valence electrons. The van der Waals surface area contributed by atoms with E-state index in [1.807, 2.05) is 0 Å². The Morgan fingerprint density at radius 1 is 1.40 bits per heavy atom. The summed E-state index contributed by atoms with van der Waals surface area (Å²) in [6, 6.07) is 4.25. The van der Waals surface area contributed by atoms with Crippen LogP contribution in [0.25, 0.3) is 5.70 Å². The summed E-state index contributed by atoms with van der Waals surface area (Å²) in [4.78, 5) is 8.04. The molecular weight excluding hydrogens is 360 g/mol. The molecule has 0 aliphatic carbocycles. The molecule has 0 N–H and O–H groups in total. The smallest absolute Gasteiger partial charge is 0.168 e. The summed E-state index contributed by atoms with van der Waals surface area (Å²) >= 11 is 6.99. The zero-order chi connectivity index (χ0) is 9.54. The van der Waals surface area contributed by atoms with Gasteiger partial charge in [-0.2, -0.15) is 0 Å². The first kappa shape index (κ1) is 11.7. The number of nitrogens with zero attached hydrogens (tertiary/aromatic N) is 2. The maximum absolute atomic E-state index is 4.43. The molecule has 0 atom stereocenters. The minimum atomic E-state index is 0. The van der Waals surface area contributed by atoms with E-state index < -0.39 is 0 Å². The summed E-state index contributed by atoms with van der Waals surface area (Å²) in [6.45, 7) is 1.97. The minimum Gasteiger partial charge on any atom is -0.317 e. The standard InChI is InChI=1S/C9H7BrN2S2.BrH/c10-8-2-1-7(14-8)6-5-13-9-11-3-4-12(6)9;/h1-2,5H,3-4H2;1H. The molecule has 2 aliphatic heterocycles. The maximum Gasteiger partial charge on any atom is 0.168 e. The second kappa shape index (κ2) is 4.61. The van der Waals surface area contributed by atoms with Crippen molar-refractivity contribution in [2.24, 2.45) is 4.99 Å². The molecule has 3 rings (SSSR count). The van der Waals surface area contributed by atoms with Gasteiger partial charge in [0.1, 0.15) is 0 Å². The number of thioether (sulfide) groups is 1. The molecule has 2 nitrogen and oxygen atoms in total. The molecule has 15 heavy (non-hydrogen) atoms. The average Bonchev–Trinajstić information content (AvgIpc) is 2.77. The predicted molar refractivity (Wildman–Crippen MR) is 76.9 cm³/mol. The maximum atomic E-state index is 4.43. The lowest BCUT2D eigenvalue weighted by molar-refractivity contribution is 0.652. The summed E-state index contributed by atoms with van der Waals surface area (Å²) in [6.07, 6.45) is 0. The number of fused-ring (bicyclic) bond motifs is 1. The fourth-order valence-corrected chi connectivity index (χ4v) is 4.01. The SMILES string of the molecule is Br.Brc1ccc(C2=CSC3=NCCN23)s1. The van der Waals surface area contributed by atoms with Gasteiger partial charge >= 0.3 is 0 Å². The van der Waals surface area contributed by atoms with Crippen LogP contribution in [0.15, 0.2) is 26.3 Å². The Hall–Kier alpha value is 0.220. The Kier molecular flexibility index (Phi) is 3.59. The molecule has 0 bridgehead atoms. The first-order chi connectivity index (χ1) is 6.84. The van der Waals surface area contributed by atoms with E-state index in [4.69, 9.17) is 0 Å². The first-order valence-electron chi connectivity index (χ1n) is 4.29. The van der Waals surface area contributed by atoms with Gasteiger partial charge in [0.2, 0.25) is 0 Å². The molecule has 0 unspecified atom stereocenters. The highest BCUT2D eigenvalue weighted by Gasteiger charge is 2.27. The monoisotopic (exact) mass is 366 g/mol. The van der Waals surface area contributed by atoms with E-state index in [-0.39, 0.29) is 17.0 Å². The largest absolute Gasteiger partial charge is 0.317 e. The van der Waals surface area contributed by atoms with Gasteiger partial charge in [-0.1, -0.05) is 11.8 Å². The fraction of sp³-hybridized carbons (Fsp3) is 0.222. The normalized spacial score (nSPS) is 18.3. The lowest BCUT2D eigenvalue weighted by Gasteiger charge is -2.14. The van der Waals surface area contributed by atoms with Crippen molar-refractivity contribution in [1.82, 2.24) is 4.90 Å². The molecule has 0 fully saturated rings. The van der Waals surface area contributed by atoms with E-state index in [0.717, 1.165) is 18.3 Å². The zero-order valence-electron chi connectivity index (χ0n) is 7.64. The Morgan fingerprint density at radius 2 is 2.27 bits per heavy atom. The number of hydrogen-bond donors (Lipinski definition) is 0. The zero-order valence-corrected chi connectivity index (χ0v) is 12.6. The number of aliphatic imine (C=N–C) groups is 1. The van der Waals surface area contributed by atoms with E-state index in [2.05, 4.69) is 43.4 Å². The van der Waals surface area contributed by atoms with Crippen LogP contribution in [0.4, 0.5) is 0 Å². The lowest BCUT2D eigenvalue weighted by Crippen LogP contribution is -2.19. The van der Waals surface area contributed by atoms with Crippen molar-refractivity contribution >= 4 is 66.9 Å². The van der Waals surface area contributed by atoms with E-state index in [1.54, 1.807) is 23.1 Å². The molecule has 0 aromatic carbocycles. The fourth-order valence-electron chi connectivity index (χ4n) is 1.57. The van der Waals surface area contributed by atoms with Crippen molar-refractivity contribution in [2.75, 3.05) is 13.1 Å². The molecule has 6 heteroatoms. The van der Waals surface area contributed by atoms with Gasteiger partial charge in [0.15, 0.2) is 5.17 Å². The number of thiophene rings is 1. The van der Waals surface area contributed by atoms with Crippen molar-refractivity contribution in [3.63, 3.8) is 0 Å². The summed E-state index contributed by atoms with van der Waals surface area (Å²) < 4.78 is 1.18. The van der Waals surface area contributed by atoms with Gasteiger partial charge in [0.25, 0.3) is 0 Å². The van der Waals surface area contributed by atoms with Crippen LogP contribution >= 0.6 is 56.0 Å². The summed E-state index contributed by atoms with van der Waals surface area (Å²) in [5.74, 6) is 0. The topological polar surface area (TPSA) is 15.6 Å². The van der Waals surface area contributed by atoms with Crippen LogP contribution in [0.1, 0.15) is 4.88 Å². The van der Waals surface area contributed by atoms with E-state index >= 15 is 0 Å². The van der Waals surface area contributed by atoms with Crippen molar-refractivity contribution in [3.05, 3.63) is 26.2 Å². The predicted octanol–water partition coefficient (Wildman–Crippen LogP) is 3.81. The summed E-state index contributed by atoms with van der Waals surface area (Å²) in [5.41, 5.74) is 1.31. The van der Waals surface area contributed by atoms with Crippen LogP contribution in [-0.4, -0.2) is 23.2 Å². The van der Waals surface area contributed by atoms with Crippen molar-refractivity contribution in [1.29, 1.82) is 0 Å². The third kappa shape index (κ3) is 2.05. The Balaban J connectivity index is 0.000000853. The Labute approximate surface area is 115 Å². The van der Waals surface area contributed by atoms with E-state index in [1.165, 1.54) is 14.4 Å². The molecule has 1 aromatic rings. The van der Waals surface area contributed by atoms with Crippen LogP contribution in [0, 0.1) is 0 Å². The summed E-state index contributed by atoms with van der Waals surface area (Å²) in [7, 11) is 0. The molecule has 0 saturated heterocycles. The Morgan fingerprint density at radius 3 is 3.00 bits per heavy atom. The van der Waals surface area contributed by atoms with Crippen LogP contribution in [0.5, 0.6) is 0 Å². The molecule has 0 radical (unpaired) electrons. The molecular formula is C9H8Br2N2S2. The third-order valence-electron chi connectivity index (χ3n) is 2.19. The second-order valence-corrected chi connectivity index (χ2v) is 6.34. The van der Waals surface area contributed by atoms with Crippen LogP contribution in [0.2, 0.25) is 0 Å². The Bertz CT molecular complexity index is 439. The molecule has 2 aliphatic rings. The van der Waals surface area contributed by atoms with Crippen LogP contribution in [-0.2, 0) is 0 Å². The number of halogens is 2. The number of hydrogen-bond acceptors (Lipinski definition) is 4. The average molecular weight is 368 g/mol. The number of amidine groups is 1. The highest BCUT2D eigenvalue weighted by atomic mass is 79.9. The van der Waals surface area contributed by atoms with E-state index in [0.29, 0.717) is 0 Å². The van der Waals surface area contributed by atoms with Gasteiger partial charge in [-0.25, -0.2) is 0 Å². The highest BCUT2D eigenvalue weighted by molar-refractivity contribution is 9.11. The second-order valence-electron chi connectivity index (χ2n) is 3.04. The van der Waals surface area contributed by atoms with Gasteiger partial charge < -0.3 is 4.90 Å². The van der Waals surface area contributed by atoms with Crippen LogP contribution in [0.3, 0.4) is 0 Å². The molecule has 0 amide bonds. The highest BCUT2D eigenvalue weighted by Crippen LogP contribution is 2.38. The molecule has 1 aromatic heterocycles. The summed E-state index contributed by atoms with van der Waals surface area (Å²) in [5, 5.41) is 3.35. The van der Waals surface area contributed by atoms with Gasteiger partial charge in [-0.05, 0) is 28.1 Å². The van der Waals surface area contributed by atoms with Gasteiger partial charge in [-0.15, -0.1) is 28.3 Å². The minimum absolute atomic E-state index is 0. The van der Waals surface area contributed by atoms with Crippen molar-refractivity contribution in [2.45, 2.75) is 0 Å². The molecule has 3 heterocycles. The van der Waals surface area contributed by atoms with Crippen LogP contribution < -0.4 is 0 Å². The third-order valence-corrected chi connectivity index (χ3v) is 4.74. The lowest BCUT2D eigenvalue weighted by atomic mass is 10.3. The quantitative estimate of drug-likeness (QED) is 0.750. The van der Waals surface area contributed by atoms with Crippen molar-refractivity contribution < 1.29 is 0 Å². The van der Waals surface area contributed by atoms with Gasteiger partial charge in [0.05, 0.1) is 20.9 Å². The number of rotatable bonds is 1. The first-order valence-corrected chi connectivity index (χ1v) is 6.78. The molecule has 0 saturated carbocycles. The van der Waals surface area contributed by atoms with Gasteiger partial charge in [-0.3, -0.25) is 4.99 Å². The molecule has 0 spiro atoms. The van der Waals surface area contributed by atoms with Crippen molar-refractivity contribution in [3.8, 4) is 0 Å².